The third-order valence-corrected chi connectivity index (χ3v) is 4.36. The zero-order chi connectivity index (χ0) is 17.8. The monoisotopic (exact) mass is 348 g/mol. The Kier molecular flexibility index (Phi) is 5.50. The van der Waals surface area contributed by atoms with E-state index in [2.05, 4.69) is 15.4 Å². The van der Waals surface area contributed by atoms with Crippen molar-refractivity contribution >= 4 is 22.7 Å². The van der Waals surface area contributed by atoms with Crippen LogP contribution in [0.3, 0.4) is 0 Å². The number of carbonyl (C=O) groups excluding carboxylic acids is 1. The maximum atomic E-state index is 12.5. The van der Waals surface area contributed by atoms with E-state index in [0.717, 1.165) is 18.2 Å². The van der Waals surface area contributed by atoms with Crippen LogP contribution in [-0.4, -0.2) is 51.7 Å². The number of hydrogen-bond donors (Lipinski definition) is 2. The standard InChI is InChI=1S/C17H24N4O4/c1-3-21-16-12(9-18-21)15(19-11-5-7-24-8-6-11)14(13(10-22)20-16)17(23)25-4-2/h9,11,22H,3-8,10H2,1-2H3,(H,19,20). The van der Waals surface area contributed by atoms with Crippen molar-refractivity contribution in [3.05, 3.63) is 17.5 Å². The molecule has 2 aromatic heterocycles. The zero-order valence-corrected chi connectivity index (χ0v) is 14.6. The molecular weight excluding hydrogens is 324 g/mol. The Morgan fingerprint density at radius 3 is 2.84 bits per heavy atom. The maximum Gasteiger partial charge on any atom is 0.342 e. The van der Waals surface area contributed by atoms with Crippen molar-refractivity contribution in [3.63, 3.8) is 0 Å². The molecule has 0 bridgehead atoms. The number of nitrogens with one attached hydrogen (secondary N) is 1. The molecule has 0 unspecified atom stereocenters. The highest BCUT2D eigenvalue weighted by Crippen LogP contribution is 2.31. The summed E-state index contributed by atoms with van der Waals surface area (Å²) in [4.78, 5) is 17.0. The van der Waals surface area contributed by atoms with Crippen LogP contribution >= 0.6 is 0 Å². The van der Waals surface area contributed by atoms with Crippen molar-refractivity contribution < 1.29 is 19.4 Å². The van der Waals surface area contributed by atoms with E-state index in [1.165, 1.54) is 0 Å². The van der Waals surface area contributed by atoms with E-state index in [4.69, 9.17) is 9.47 Å². The van der Waals surface area contributed by atoms with Crippen LogP contribution in [0.1, 0.15) is 42.7 Å². The summed E-state index contributed by atoms with van der Waals surface area (Å²) >= 11 is 0. The van der Waals surface area contributed by atoms with Gasteiger partial charge in [0.15, 0.2) is 5.65 Å². The molecule has 0 aliphatic carbocycles. The molecule has 0 spiro atoms. The van der Waals surface area contributed by atoms with E-state index in [9.17, 15) is 9.90 Å². The Hall–Kier alpha value is -2.19. The molecule has 2 aromatic rings. The van der Waals surface area contributed by atoms with Crippen LogP contribution in [-0.2, 0) is 22.6 Å². The molecule has 1 aliphatic heterocycles. The van der Waals surface area contributed by atoms with Crippen molar-refractivity contribution in [1.82, 2.24) is 14.8 Å². The maximum absolute atomic E-state index is 12.5. The Labute approximate surface area is 146 Å². The fourth-order valence-corrected chi connectivity index (χ4v) is 3.10. The molecule has 3 rings (SSSR count). The van der Waals surface area contributed by atoms with Crippen LogP contribution in [0.25, 0.3) is 11.0 Å². The molecule has 0 saturated carbocycles. The number of nitrogens with zero attached hydrogens (tertiary/aromatic N) is 3. The summed E-state index contributed by atoms with van der Waals surface area (Å²) in [5.74, 6) is -0.486. The van der Waals surface area contributed by atoms with Gasteiger partial charge in [0.25, 0.3) is 0 Å². The van der Waals surface area contributed by atoms with Crippen LogP contribution in [0.15, 0.2) is 6.20 Å². The van der Waals surface area contributed by atoms with Crippen molar-refractivity contribution in [3.8, 4) is 0 Å². The quantitative estimate of drug-likeness (QED) is 0.767. The van der Waals surface area contributed by atoms with Gasteiger partial charge in [-0.2, -0.15) is 5.10 Å². The highest BCUT2D eigenvalue weighted by atomic mass is 16.5. The number of aliphatic hydroxyl groups excluding tert-OH is 1. The molecule has 1 fully saturated rings. The van der Waals surface area contributed by atoms with E-state index < -0.39 is 5.97 Å². The average Bonchev–Trinajstić information content (AvgIpc) is 3.05. The van der Waals surface area contributed by atoms with Gasteiger partial charge in [-0.15, -0.1) is 0 Å². The van der Waals surface area contributed by atoms with Crippen molar-refractivity contribution in [2.24, 2.45) is 0 Å². The zero-order valence-electron chi connectivity index (χ0n) is 14.6. The van der Waals surface area contributed by atoms with Gasteiger partial charge in [0, 0.05) is 25.8 Å². The third-order valence-electron chi connectivity index (χ3n) is 4.36. The summed E-state index contributed by atoms with van der Waals surface area (Å²) in [7, 11) is 0. The van der Waals surface area contributed by atoms with E-state index in [1.807, 2.05) is 6.92 Å². The second kappa shape index (κ2) is 7.79. The number of anilines is 1. The summed E-state index contributed by atoms with van der Waals surface area (Å²) in [6.07, 6.45) is 3.41. The minimum absolute atomic E-state index is 0.184. The van der Waals surface area contributed by atoms with Crippen molar-refractivity contribution in [1.29, 1.82) is 0 Å². The van der Waals surface area contributed by atoms with Crippen LogP contribution in [0.4, 0.5) is 5.69 Å². The lowest BCUT2D eigenvalue weighted by Crippen LogP contribution is -2.29. The Balaban J connectivity index is 2.14. The Morgan fingerprint density at radius 2 is 2.20 bits per heavy atom. The summed E-state index contributed by atoms with van der Waals surface area (Å²) in [5, 5.41) is 18.3. The van der Waals surface area contributed by atoms with Gasteiger partial charge in [-0.05, 0) is 26.7 Å². The third kappa shape index (κ3) is 3.45. The minimum Gasteiger partial charge on any atom is -0.462 e. The van der Waals surface area contributed by atoms with Crippen LogP contribution in [0.2, 0.25) is 0 Å². The number of ether oxygens (including phenoxy) is 2. The summed E-state index contributed by atoms with van der Waals surface area (Å²) < 4.78 is 12.4. The first-order valence-corrected chi connectivity index (χ1v) is 8.70. The molecule has 8 heteroatoms. The van der Waals surface area contributed by atoms with Crippen LogP contribution < -0.4 is 5.32 Å². The molecule has 0 amide bonds. The largest absolute Gasteiger partial charge is 0.462 e. The summed E-state index contributed by atoms with van der Waals surface area (Å²) in [5.41, 5.74) is 1.88. The molecule has 25 heavy (non-hydrogen) atoms. The SMILES string of the molecule is CCOC(=O)c1c(CO)nc2c(cnn2CC)c1NC1CCOCC1. The lowest BCUT2D eigenvalue weighted by molar-refractivity contribution is 0.0523. The van der Waals surface area contributed by atoms with E-state index >= 15 is 0 Å². The Bertz CT molecular complexity index is 753. The fourth-order valence-electron chi connectivity index (χ4n) is 3.10. The van der Waals surface area contributed by atoms with Crippen LogP contribution in [0.5, 0.6) is 0 Å². The molecule has 1 aliphatic rings. The predicted molar refractivity (Wildman–Crippen MR) is 92.5 cm³/mol. The van der Waals surface area contributed by atoms with Crippen LogP contribution in [0, 0.1) is 0 Å². The van der Waals surface area contributed by atoms with Gasteiger partial charge in [0.2, 0.25) is 0 Å². The van der Waals surface area contributed by atoms with E-state index in [-0.39, 0.29) is 19.3 Å². The predicted octanol–water partition coefficient (Wildman–Crippen LogP) is 1.71. The second-order valence-corrected chi connectivity index (χ2v) is 5.92. The number of esters is 1. The summed E-state index contributed by atoms with van der Waals surface area (Å²) in [6.45, 7) is 5.65. The second-order valence-electron chi connectivity index (χ2n) is 5.92. The smallest absolute Gasteiger partial charge is 0.342 e. The number of pyridine rings is 1. The van der Waals surface area contributed by atoms with E-state index in [1.54, 1.807) is 17.8 Å². The van der Waals surface area contributed by atoms with Gasteiger partial charge in [-0.3, -0.25) is 0 Å². The average molecular weight is 348 g/mol. The van der Waals surface area contributed by atoms with Gasteiger partial charge >= 0.3 is 5.97 Å². The lowest BCUT2D eigenvalue weighted by atomic mass is 10.0. The highest BCUT2D eigenvalue weighted by Gasteiger charge is 2.26. The van der Waals surface area contributed by atoms with Gasteiger partial charge in [0.05, 0.1) is 36.2 Å². The fraction of sp³-hybridized carbons (Fsp3) is 0.588. The first-order valence-electron chi connectivity index (χ1n) is 8.70. The van der Waals surface area contributed by atoms with Crippen molar-refractivity contribution in [2.45, 2.75) is 45.9 Å². The molecular formula is C17H24N4O4. The highest BCUT2D eigenvalue weighted by molar-refractivity contribution is 6.05. The van der Waals surface area contributed by atoms with E-state index in [0.29, 0.717) is 42.4 Å². The summed E-state index contributed by atoms with van der Waals surface area (Å²) in [6, 6.07) is 0.184. The topological polar surface area (TPSA) is 98.5 Å². The number of aliphatic hydroxyl groups is 1. The number of aryl methyl sites for hydroxylation is 1. The normalized spacial score (nSPS) is 15.5. The number of aromatic nitrogens is 3. The molecule has 2 N–H and O–H groups in total. The number of rotatable bonds is 6. The number of fused-ring (bicyclic) bond motifs is 1. The van der Waals surface area contributed by atoms with Gasteiger partial charge in [0.1, 0.15) is 5.56 Å². The van der Waals surface area contributed by atoms with Gasteiger partial charge in [-0.1, -0.05) is 0 Å². The minimum atomic E-state index is -0.486. The first kappa shape index (κ1) is 17.6. The van der Waals surface area contributed by atoms with Crippen molar-refractivity contribution in [2.75, 3.05) is 25.1 Å². The molecule has 136 valence electrons. The lowest BCUT2D eigenvalue weighted by Gasteiger charge is -2.26. The molecule has 0 aromatic carbocycles. The molecule has 8 nitrogen and oxygen atoms in total. The molecule has 3 heterocycles. The number of hydrogen-bond acceptors (Lipinski definition) is 7. The van der Waals surface area contributed by atoms with Gasteiger partial charge in [-0.25, -0.2) is 14.5 Å². The Morgan fingerprint density at radius 1 is 1.44 bits per heavy atom. The molecule has 1 saturated heterocycles. The molecule has 0 atom stereocenters. The number of carbonyl (C=O) groups is 1. The van der Waals surface area contributed by atoms with Gasteiger partial charge < -0.3 is 19.9 Å². The molecule has 0 radical (unpaired) electrons. The first-order chi connectivity index (χ1) is 12.2.